The molecule has 0 aliphatic heterocycles. The summed E-state index contributed by atoms with van der Waals surface area (Å²) < 4.78 is 44.8. The van der Waals surface area contributed by atoms with Gasteiger partial charge in [-0.2, -0.15) is 5.26 Å². The Morgan fingerprint density at radius 1 is 1.42 bits per heavy atom. The molecule has 1 aromatic rings. The number of esters is 1. The normalized spacial score (nSPS) is 10.7. The van der Waals surface area contributed by atoms with Gasteiger partial charge in [0.25, 0.3) is 0 Å². The third kappa shape index (κ3) is 3.88. The smallest absolute Gasteiger partial charge is 0.462 e. The summed E-state index contributed by atoms with van der Waals surface area (Å²) >= 11 is 0. The van der Waals surface area contributed by atoms with Crippen molar-refractivity contribution in [3.8, 4) is 11.8 Å². The number of nitrogens with zero attached hydrogens (tertiary/aromatic N) is 1. The Morgan fingerprint density at radius 2 is 2.05 bits per heavy atom. The first-order chi connectivity index (χ1) is 8.78. The van der Waals surface area contributed by atoms with E-state index in [0.717, 1.165) is 12.1 Å². The molecular formula is C12H10F3NO3. The molecule has 0 radical (unpaired) electrons. The molecule has 0 aromatic heterocycles. The van der Waals surface area contributed by atoms with Crippen molar-refractivity contribution in [2.45, 2.75) is 20.2 Å². The molecule has 0 amide bonds. The Labute approximate surface area is 107 Å². The molecule has 0 saturated heterocycles. The second-order valence-corrected chi connectivity index (χ2v) is 3.52. The summed E-state index contributed by atoms with van der Waals surface area (Å²) in [5.74, 6) is -1.43. The zero-order valence-electron chi connectivity index (χ0n) is 10.2. The number of benzene rings is 1. The molecule has 19 heavy (non-hydrogen) atoms. The van der Waals surface area contributed by atoms with Crippen LogP contribution in [0.2, 0.25) is 0 Å². The van der Waals surface area contributed by atoms with Crippen molar-refractivity contribution in [1.29, 1.82) is 5.26 Å². The molecule has 0 unspecified atom stereocenters. The molecule has 0 aliphatic carbocycles. The summed E-state index contributed by atoms with van der Waals surface area (Å²) in [6.07, 6.45) is -4.89. The van der Waals surface area contributed by atoms with Gasteiger partial charge in [-0.05, 0) is 31.5 Å². The van der Waals surface area contributed by atoms with Crippen molar-refractivity contribution in [2.24, 2.45) is 0 Å². The summed E-state index contributed by atoms with van der Waals surface area (Å²) in [4.78, 5) is 11.6. The van der Waals surface area contributed by atoms with E-state index < -0.39 is 18.1 Å². The van der Waals surface area contributed by atoms with Crippen molar-refractivity contribution in [3.05, 3.63) is 28.8 Å². The fourth-order valence-electron chi connectivity index (χ4n) is 1.42. The first kappa shape index (κ1) is 14.8. The van der Waals surface area contributed by atoms with Gasteiger partial charge in [-0.3, -0.25) is 0 Å². The van der Waals surface area contributed by atoms with E-state index in [4.69, 9.17) is 10.00 Å². The predicted octanol–water partition coefficient (Wildman–Crippen LogP) is 2.94. The minimum atomic E-state index is -4.89. The Balaban J connectivity index is 3.27. The Bertz CT molecular complexity index is 532. The number of halogens is 3. The van der Waals surface area contributed by atoms with E-state index in [1.807, 2.05) is 0 Å². The lowest BCUT2D eigenvalue weighted by Crippen LogP contribution is -2.18. The third-order valence-corrected chi connectivity index (χ3v) is 2.23. The van der Waals surface area contributed by atoms with Crippen LogP contribution in [0.1, 0.15) is 28.4 Å². The molecular weight excluding hydrogens is 263 g/mol. The molecule has 1 aromatic carbocycles. The molecule has 4 nitrogen and oxygen atoms in total. The molecule has 0 atom stereocenters. The lowest BCUT2D eigenvalue weighted by molar-refractivity contribution is -0.274. The number of carbonyl (C=O) groups is 1. The van der Waals surface area contributed by atoms with Crippen molar-refractivity contribution in [3.63, 3.8) is 0 Å². The van der Waals surface area contributed by atoms with Gasteiger partial charge in [0, 0.05) is 0 Å². The fraction of sp³-hybridized carbons (Fsp3) is 0.333. The van der Waals surface area contributed by atoms with Crippen LogP contribution in [0.5, 0.6) is 5.75 Å². The van der Waals surface area contributed by atoms with E-state index in [2.05, 4.69) is 4.74 Å². The van der Waals surface area contributed by atoms with Crippen LogP contribution >= 0.6 is 0 Å². The van der Waals surface area contributed by atoms with Crippen molar-refractivity contribution < 1.29 is 27.4 Å². The van der Waals surface area contributed by atoms with Crippen molar-refractivity contribution in [2.75, 3.05) is 6.61 Å². The maximum absolute atomic E-state index is 12.1. The standard InChI is InChI=1S/C12H10F3NO3/c1-3-18-11(17)10-5-9(19-12(13,14)15)4-8(6-16)7(10)2/h4-5H,3H2,1-2H3. The zero-order valence-corrected chi connectivity index (χ0v) is 10.2. The van der Waals surface area contributed by atoms with Crippen LogP contribution in [0.4, 0.5) is 13.2 Å². The summed E-state index contributed by atoms with van der Waals surface area (Å²) in [7, 11) is 0. The monoisotopic (exact) mass is 273 g/mol. The highest BCUT2D eigenvalue weighted by atomic mass is 19.4. The van der Waals surface area contributed by atoms with E-state index in [9.17, 15) is 18.0 Å². The molecule has 0 fully saturated rings. The number of rotatable bonds is 3. The molecule has 0 N–H and O–H groups in total. The van der Waals surface area contributed by atoms with Crippen LogP contribution < -0.4 is 4.74 Å². The van der Waals surface area contributed by atoms with Gasteiger partial charge >= 0.3 is 12.3 Å². The van der Waals surface area contributed by atoms with Gasteiger partial charge in [-0.15, -0.1) is 13.2 Å². The van der Waals surface area contributed by atoms with Gasteiger partial charge < -0.3 is 9.47 Å². The Morgan fingerprint density at radius 3 is 2.53 bits per heavy atom. The third-order valence-electron chi connectivity index (χ3n) is 2.23. The van der Waals surface area contributed by atoms with Gasteiger partial charge in [-0.1, -0.05) is 0 Å². The lowest BCUT2D eigenvalue weighted by Gasteiger charge is -2.12. The topological polar surface area (TPSA) is 59.3 Å². The maximum atomic E-state index is 12.1. The largest absolute Gasteiger partial charge is 0.573 e. The van der Waals surface area contributed by atoms with Crippen LogP contribution in [0.3, 0.4) is 0 Å². The number of hydrogen-bond donors (Lipinski definition) is 0. The van der Waals surface area contributed by atoms with Crippen LogP contribution in [0.25, 0.3) is 0 Å². The second-order valence-electron chi connectivity index (χ2n) is 3.52. The summed E-state index contributed by atoms with van der Waals surface area (Å²) in [5, 5.41) is 8.84. The predicted molar refractivity (Wildman–Crippen MR) is 58.5 cm³/mol. The molecule has 1 rings (SSSR count). The van der Waals surface area contributed by atoms with Crippen molar-refractivity contribution >= 4 is 5.97 Å². The number of hydrogen-bond acceptors (Lipinski definition) is 4. The van der Waals surface area contributed by atoms with Crippen LogP contribution in [0.15, 0.2) is 12.1 Å². The van der Waals surface area contributed by atoms with E-state index in [-0.39, 0.29) is 23.3 Å². The highest BCUT2D eigenvalue weighted by Crippen LogP contribution is 2.27. The number of carbonyl (C=O) groups excluding carboxylic acids is 1. The molecule has 102 valence electrons. The molecule has 0 aliphatic rings. The van der Waals surface area contributed by atoms with E-state index in [0.29, 0.717) is 0 Å². The molecule has 0 saturated carbocycles. The van der Waals surface area contributed by atoms with Crippen LogP contribution in [0, 0.1) is 18.3 Å². The quantitative estimate of drug-likeness (QED) is 0.794. The van der Waals surface area contributed by atoms with E-state index >= 15 is 0 Å². The average molecular weight is 273 g/mol. The molecule has 0 heterocycles. The maximum Gasteiger partial charge on any atom is 0.573 e. The highest BCUT2D eigenvalue weighted by molar-refractivity contribution is 5.92. The summed E-state index contributed by atoms with van der Waals surface area (Å²) in [6.45, 7) is 3.08. The summed E-state index contributed by atoms with van der Waals surface area (Å²) in [5.41, 5.74) is 0.0421. The van der Waals surface area contributed by atoms with Gasteiger partial charge in [-0.25, -0.2) is 4.79 Å². The van der Waals surface area contributed by atoms with E-state index in [1.54, 1.807) is 13.0 Å². The lowest BCUT2D eigenvalue weighted by atomic mass is 10.0. The van der Waals surface area contributed by atoms with E-state index in [1.165, 1.54) is 6.92 Å². The molecule has 0 spiro atoms. The Kier molecular flexibility index (Phi) is 4.38. The van der Waals surface area contributed by atoms with Gasteiger partial charge in [0.05, 0.1) is 23.8 Å². The highest BCUT2D eigenvalue weighted by Gasteiger charge is 2.32. The first-order valence-electron chi connectivity index (χ1n) is 5.26. The van der Waals surface area contributed by atoms with Gasteiger partial charge in [0.1, 0.15) is 5.75 Å². The molecule has 7 heteroatoms. The number of nitriles is 1. The van der Waals surface area contributed by atoms with Gasteiger partial charge in [0.15, 0.2) is 0 Å². The SMILES string of the molecule is CCOC(=O)c1cc(OC(F)(F)F)cc(C#N)c1C. The van der Waals surface area contributed by atoms with Crippen LogP contribution in [-0.2, 0) is 4.74 Å². The van der Waals surface area contributed by atoms with Crippen LogP contribution in [-0.4, -0.2) is 18.9 Å². The molecule has 0 bridgehead atoms. The summed E-state index contributed by atoms with van der Waals surface area (Å²) in [6, 6.07) is 3.53. The zero-order chi connectivity index (χ0) is 14.6. The number of alkyl halides is 3. The second kappa shape index (κ2) is 5.61. The fourth-order valence-corrected chi connectivity index (χ4v) is 1.42. The van der Waals surface area contributed by atoms with Gasteiger partial charge in [0.2, 0.25) is 0 Å². The minimum Gasteiger partial charge on any atom is -0.462 e. The Hall–Kier alpha value is -2.23. The number of ether oxygens (including phenoxy) is 2. The minimum absolute atomic E-state index is 0.0739. The average Bonchev–Trinajstić information content (AvgIpc) is 2.29. The first-order valence-corrected chi connectivity index (χ1v) is 5.26. The van der Waals surface area contributed by atoms with Crippen molar-refractivity contribution in [1.82, 2.24) is 0 Å².